The van der Waals surface area contributed by atoms with Crippen molar-refractivity contribution in [1.29, 1.82) is 5.26 Å². The number of carbonyl (C=O) groups excluding carboxylic acids is 1. The van der Waals surface area contributed by atoms with E-state index in [1.54, 1.807) is 37.2 Å². The fourth-order valence-corrected chi connectivity index (χ4v) is 3.91. The number of anilines is 1. The second-order valence-electron chi connectivity index (χ2n) is 8.48. The summed E-state index contributed by atoms with van der Waals surface area (Å²) in [6.07, 6.45) is 3.23. The van der Waals surface area contributed by atoms with E-state index in [1.165, 1.54) is 0 Å². The molecule has 34 heavy (non-hydrogen) atoms. The molecule has 0 saturated carbocycles. The van der Waals surface area contributed by atoms with Crippen LogP contribution in [-0.4, -0.2) is 34.5 Å². The number of rotatable bonds is 9. The van der Waals surface area contributed by atoms with Crippen molar-refractivity contribution in [2.75, 3.05) is 19.5 Å². The number of hydrogen-bond donors (Lipinski definition) is 1. The average Bonchev–Trinajstić information content (AvgIpc) is 3.35. The summed E-state index contributed by atoms with van der Waals surface area (Å²) in [6.45, 7) is 9.59. The molecule has 0 aliphatic carbocycles. The van der Waals surface area contributed by atoms with E-state index in [0.29, 0.717) is 29.8 Å². The zero-order valence-corrected chi connectivity index (χ0v) is 20.5. The molecule has 0 fully saturated rings. The first-order valence-electron chi connectivity index (χ1n) is 11.1. The largest absolute Gasteiger partial charge is 0.493 e. The molecular weight excluding hydrogens is 430 g/mol. The second-order valence-corrected chi connectivity index (χ2v) is 8.48. The van der Waals surface area contributed by atoms with Gasteiger partial charge in [0, 0.05) is 29.6 Å². The first-order chi connectivity index (χ1) is 16.3. The Hall–Kier alpha value is -3.99. The number of nitrogens with zero attached hydrogens (tertiary/aromatic N) is 4. The molecule has 0 aliphatic rings. The Bertz CT molecular complexity index is 1240. The smallest absolute Gasteiger partial charge is 0.267 e. The normalized spacial score (nSPS) is 11.4. The molecule has 8 nitrogen and oxygen atoms in total. The standard InChI is InChI=1S/C26H31N5O3/c1-17(2)15-30-18(3)12-21(19(30)4)13-22(14-27)26(32)29-24-10-11-28-31(24)16-20-8-7-9-23(33-5)25(20)34-6/h7-13,17H,15-16H2,1-6H3,(H,29,32)/b22-13+. The molecule has 2 heterocycles. The third-order valence-corrected chi connectivity index (χ3v) is 5.59. The Morgan fingerprint density at radius 3 is 2.65 bits per heavy atom. The van der Waals surface area contributed by atoms with Gasteiger partial charge in [-0.3, -0.25) is 4.79 Å². The molecule has 8 heteroatoms. The van der Waals surface area contributed by atoms with E-state index < -0.39 is 5.91 Å². The van der Waals surface area contributed by atoms with Crippen LogP contribution in [0, 0.1) is 31.1 Å². The molecule has 0 atom stereocenters. The van der Waals surface area contributed by atoms with Gasteiger partial charge in [-0.2, -0.15) is 10.4 Å². The molecule has 0 radical (unpaired) electrons. The van der Waals surface area contributed by atoms with Gasteiger partial charge in [-0.1, -0.05) is 26.0 Å². The highest BCUT2D eigenvalue weighted by Gasteiger charge is 2.17. The highest BCUT2D eigenvalue weighted by Crippen LogP contribution is 2.31. The Labute approximate surface area is 200 Å². The van der Waals surface area contributed by atoms with E-state index in [1.807, 2.05) is 44.2 Å². The second kappa shape index (κ2) is 10.8. The fraction of sp³-hybridized carbons (Fsp3) is 0.346. The summed E-state index contributed by atoms with van der Waals surface area (Å²) in [5.41, 5.74) is 3.85. The van der Waals surface area contributed by atoms with E-state index in [4.69, 9.17) is 9.47 Å². The lowest BCUT2D eigenvalue weighted by Crippen LogP contribution is -2.17. The van der Waals surface area contributed by atoms with Gasteiger partial charge >= 0.3 is 0 Å². The maximum Gasteiger partial charge on any atom is 0.267 e. The topological polar surface area (TPSA) is 94.1 Å². The number of hydrogen-bond acceptors (Lipinski definition) is 5. The lowest BCUT2D eigenvalue weighted by molar-refractivity contribution is -0.112. The van der Waals surface area contributed by atoms with Crippen LogP contribution in [0.3, 0.4) is 0 Å². The number of benzene rings is 1. The number of ether oxygens (including phenoxy) is 2. The van der Waals surface area contributed by atoms with Gasteiger partial charge in [0.15, 0.2) is 11.5 Å². The van der Waals surface area contributed by atoms with Gasteiger partial charge in [0.1, 0.15) is 17.5 Å². The molecule has 0 unspecified atom stereocenters. The number of nitriles is 1. The van der Waals surface area contributed by atoms with Gasteiger partial charge < -0.3 is 19.4 Å². The number of para-hydroxylation sites is 1. The van der Waals surface area contributed by atoms with Crippen molar-refractivity contribution < 1.29 is 14.3 Å². The van der Waals surface area contributed by atoms with Crippen LogP contribution in [0.2, 0.25) is 0 Å². The van der Waals surface area contributed by atoms with Gasteiger partial charge in [-0.25, -0.2) is 4.68 Å². The van der Waals surface area contributed by atoms with Crippen molar-refractivity contribution in [3.63, 3.8) is 0 Å². The summed E-state index contributed by atoms with van der Waals surface area (Å²) < 4.78 is 14.7. The Kier molecular flexibility index (Phi) is 7.79. The molecule has 178 valence electrons. The number of aromatic nitrogens is 3. The summed E-state index contributed by atoms with van der Waals surface area (Å²) in [5, 5.41) is 16.8. The van der Waals surface area contributed by atoms with Crippen LogP contribution < -0.4 is 14.8 Å². The molecular formula is C26H31N5O3. The molecule has 0 spiro atoms. The van der Waals surface area contributed by atoms with Gasteiger partial charge in [-0.15, -0.1) is 0 Å². The van der Waals surface area contributed by atoms with Crippen molar-refractivity contribution >= 4 is 17.8 Å². The fourth-order valence-electron chi connectivity index (χ4n) is 3.91. The minimum atomic E-state index is -0.490. The summed E-state index contributed by atoms with van der Waals surface area (Å²) in [7, 11) is 3.16. The van der Waals surface area contributed by atoms with Gasteiger partial charge in [0.2, 0.25) is 0 Å². The molecule has 0 saturated heterocycles. The van der Waals surface area contributed by atoms with E-state index in [-0.39, 0.29) is 5.57 Å². The van der Waals surface area contributed by atoms with E-state index in [9.17, 15) is 10.1 Å². The van der Waals surface area contributed by atoms with Crippen molar-refractivity contribution in [2.24, 2.45) is 5.92 Å². The minimum Gasteiger partial charge on any atom is -0.493 e. The minimum absolute atomic E-state index is 0.0245. The van der Waals surface area contributed by atoms with E-state index in [2.05, 4.69) is 28.8 Å². The summed E-state index contributed by atoms with van der Waals surface area (Å²) >= 11 is 0. The maximum absolute atomic E-state index is 13.0. The number of aryl methyl sites for hydroxylation is 1. The number of amides is 1. The van der Waals surface area contributed by atoms with Crippen LogP contribution in [0.25, 0.3) is 6.08 Å². The van der Waals surface area contributed by atoms with Crippen LogP contribution in [0.15, 0.2) is 42.1 Å². The van der Waals surface area contributed by atoms with Gasteiger partial charge in [0.25, 0.3) is 5.91 Å². The van der Waals surface area contributed by atoms with E-state index in [0.717, 1.165) is 29.1 Å². The van der Waals surface area contributed by atoms with Gasteiger partial charge in [0.05, 0.1) is 27.0 Å². The van der Waals surface area contributed by atoms with Crippen molar-refractivity contribution in [3.8, 4) is 17.6 Å². The zero-order chi connectivity index (χ0) is 24.8. The first kappa shape index (κ1) is 24.6. The average molecular weight is 462 g/mol. The molecule has 3 aromatic rings. The zero-order valence-electron chi connectivity index (χ0n) is 20.5. The SMILES string of the molecule is COc1cccc(Cn2nccc2NC(=O)/C(C#N)=C/c2cc(C)n(CC(C)C)c2C)c1OC. The Balaban J connectivity index is 1.84. The van der Waals surface area contributed by atoms with Crippen molar-refractivity contribution in [1.82, 2.24) is 14.3 Å². The summed E-state index contributed by atoms with van der Waals surface area (Å²) in [5.74, 6) is 1.69. The van der Waals surface area contributed by atoms with Crippen molar-refractivity contribution in [2.45, 2.75) is 40.8 Å². The quantitative estimate of drug-likeness (QED) is 0.372. The molecule has 0 bridgehead atoms. The van der Waals surface area contributed by atoms with Crippen LogP contribution in [0.1, 0.15) is 36.4 Å². The Morgan fingerprint density at radius 2 is 2.00 bits per heavy atom. The highest BCUT2D eigenvalue weighted by atomic mass is 16.5. The molecule has 1 aromatic carbocycles. The number of methoxy groups -OCH3 is 2. The predicted molar refractivity (Wildman–Crippen MR) is 132 cm³/mol. The molecule has 0 aliphatic heterocycles. The lowest BCUT2D eigenvalue weighted by atomic mass is 10.1. The number of carbonyl (C=O) groups is 1. The third-order valence-electron chi connectivity index (χ3n) is 5.59. The first-order valence-corrected chi connectivity index (χ1v) is 11.1. The monoisotopic (exact) mass is 461 g/mol. The molecule has 1 amide bonds. The van der Waals surface area contributed by atoms with Gasteiger partial charge in [-0.05, 0) is 43.5 Å². The lowest BCUT2D eigenvalue weighted by Gasteiger charge is -2.14. The molecule has 2 aromatic heterocycles. The van der Waals surface area contributed by atoms with Crippen LogP contribution in [0.4, 0.5) is 5.82 Å². The van der Waals surface area contributed by atoms with E-state index >= 15 is 0 Å². The highest BCUT2D eigenvalue weighted by molar-refractivity contribution is 6.09. The third kappa shape index (κ3) is 5.31. The van der Waals surface area contributed by atoms with Crippen molar-refractivity contribution in [3.05, 3.63) is 64.6 Å². The molecule has 3 rings (SSSR count). The van der Waals surface area contributed by atoms with Crippen LogP contribution in [-0.2, 0) is 17.9 Å². The van der Waals surface area contributed by atoms with Crippen LogP contribution in [0.5, 0.6) is 11.5 Å². The summed E-state index contributed by atoms with van der Waals surface area (Å²) in [6, 6.07) is 11.3. The Morgan fingerprint density at radius 1 is 1.24 bits per heavy atom. The predicted octanol–water partition coefficient (Wildman–Crippen LogP) is 4.57. The maximum atomic E-state index is 13.0. The number of nitrogens with one attached hydrogen (secondary N) is 1. The molecule has 1 N–H and O–H groups in total. The summed E-state index contributed by atoms with van der Waals surface area (Å²) in [4.78, 5) is 13.0. The van der Waals surface area contributed by atoms with Crippen LogP contribution >= 0.6 is 0 Å².